The van der Waals surface area contributed by atoms with Crippen LogP contribution in [-0.4, -0.2) is 26.3 Å². The summed E-state index contributed by atoms with van der Waals surface area (Å²) in [5.41, 5.74) is 6.50. The number of hydrogen-bond acceptors (Lipinski definition) is 5. The number of carbonyl (C=O) groups excluding carboxylic acids is 1. The van der Waals surface area contributed by atoms with E-state index in [2.05, 4.69) is 25.7 Å². The van der Waals surface area contributed by atoms with Gasteiger partial charge in [-0.2, -0.15) is 0 Å². The number of aryl methyl sites for hydroxylation is 2. The number of nitrogens with two attached hydrogens (primary N) is 1. The lowest BCUT2D eigenvalue weighted by Crippen LogP contribution is -1.96. The number of carbonyl (C=O) groups is 1. The molecule has 0 spiro atoms. The van der Waals surface area contributed by atoms with E-state index in [9.17, 15) is 0 Å². The van der Waals surface area contributed by atoms with Crippen LogP contribution in [0.2, 0.25) is 0 Å². The van der Waals surface area contributed by atoms with Gasteiger partial charge in [-0.05, 0) is 13.8 Å². The van der Waals surface area contributed by atoms with Gasteiger partial charge in [0.25, 0.3) is 0 Å². The highest BCUT2D eigenvalue weighted by Gasteiger charge is 2.01. The molecule has 2 heterocycles. The molecular weight excluding hydrogens is 194 g/mol. The molecular formula is C9H11N5O. The van der Waals surface area contributed by atoms with E-state index < -0.39 is 0 Å². The molecule has 0 aliphatic carbocycles. The van der Waals surface area contributed by atoms with Gasteiger partial charge in [-0.25, -0.2) is 19.9 Å². The highest BCUT2D eigenvalue weighted by molar-refractivity contribution is 5.71. The highest BCUT2D eigenvalue weighted by atomic mass is 16.1. The lowest BCUT2D eigenvalue weighted by atomic mass is 10.4. The molecule has 1 amide bonds. The van der Waals surface area contributed by atoms with E-state index in [1.54, 1.807) is 12.4 Å². The van der Waals surface area contributed by atoms with Crippen LogP contribution < -0.4 is 5.73 Å². The maximum atomic E-state index is 8.58. The fourth-order valence-electron chi connectivity index (χ4n) is 1.14. The quantitative estimate of drug-likeness (QED) is 0.617. The minimum Gasteiger partial charge on any atom is -0.372 e. The lowest BCUT2D eigenvalue weighted by Gasteiger charge is -1.98. The average molecular weight is 205 g/mol. The van der Waals surface area contributed by atoms with Crippen LogP contribution in [0.1, 0.15) is 11.5 Å². The summed E-state index contributed by atoms with van der Waals surface area (Å²) >= 11 is 0. The third kappa shape index (κ3) is 2.67. The van der Waals surface area contributed by atoms with Gasteiger partial charge in [-0.15, -0.1) is 0 Å². The summed E-state index contributed by atoms with van der Waals surface area (Å²) in [4.78, 5) is 25.1. The van der Waals surface area contributed by atoms with Crippen molar-refractivity contribution in [1.82, 2.24) is 19.9 Å². The molecule has 0 fully saturated rings. The Kier molecular flexibility index (Phi) is 3.61. The van der Waals surface area contributed by atoms with Crippen molar-refractivity contribution in [2.24, 2.45) is 5.73 Å². The maximum Gasteiger partial charge on any atom is 0.204 e. The fraction of sp³-hybridized carbons (Fsp3) is 0.222. The van der Waals surface area contributed by atoms with Gasteiger partial charge >= 0.3 is 0 Å². The zero-order chi connectivity index (χ0) is 11.3. The molecule has 0 radical (unpaired) electrons. The summed E-state index contributed by atoms with van der Waals surface area (Å²) in [5.74, 6) is 0.737. The molecule has 2 aromatic heterocycles. The van der Waals surface area contributed by atoms with Crippen molar-refractivity contribution < 1.29 is 4.79 Å². The summed E-state index contributed by atoms with van der Waals surface area (Å²) in [6.45, 7) is 3.76. The molecule has 6 nitrogen and oxygen atoms in total. The SMILES string of the molecule is Cc1nc(C)c2nccnc2n1.NC=O. The zero-order valence-corrected chi connectivity index (χ0v) is 8.51. The van der Waals surface area contributed by atoms with Crippen molar-refractivity contribution in [2.75, 3.05) is 0 Å². The van der Waals surface area contributed by atoms with Gasteiger partial charge in [0.15, 0.2) is 5.65 Å². The molecule has 0 aromatic carbocycles. The number of rotatable bonds is 0. The van der Waals surface area contributed by atoms with Crippen LogP contribution in [0, 0.1) is 13.8 Å². The first kappa shape index (κ1) is 11.0. The summed E-state index contributed by atoms with van der Waals surface area (Å²) < 4.78 is 0. The summed E-state index contributed by atoms with van der Waals surface area (Å²) in [5, 5.41) is 0. The Labute approximate surface area is 86.6 Å². The van der Waals surface area contributed by atoms with Crippen LogP contribution in [-0.2, 0) is 4.79 Å². The standard InChI is InChI=1S/C8H8N4.CH3NO/c1-5-7-8(10-4-3-9-7)12-6(2)11-5;2-1-3/h3-4H,1-2H3;1H,(H2,2,3). The van der Waals surface area contributed by atoms with Crippen LogP contribution >= 0.6 is 0 Å². The number of nitrogens with zero attached hydrogens (tertiary/aromatic N) is 4. The molecule has 0 saturated carbocycles. The molecule has 0 atom stereocenters. The second-order valence-corrected chi connectivity index (χ2v) is 2.72. The zero-order valence-electron chi connectivity index (χ0n) is 8.51. The topological polar surface area (TPSA) is 94.7 Å². The largest absolute Gasteiger partial charge is 0.372 e. The number of hydrogen-bond donors (Lipinski definition) is 1. The van der Waals surface area contributed by atoms with Gasteiger partial charge in [0.1, 0.15) is 11.3 Å². The van der Waals surface area contributed by atoms with E-state index in [4.69, 9.17) is 4.79 Å². The van der Waals surface area contributed by atoms with Gasteiger partial charge in [-0.3, -0.25) is 4.79 Å². The summed E-state index contributed by atoms with van der Waals surface area (Å²) in [6, 6.07) is 0. The molecule has 0 bridgehead atoms. The smallest absolute Gasteiger partial charge is 0.204 e. The average Bonchev–Trinajstić information content (AvgIpc) is 2.18. The Morgan fingerprint density at radius 3 is 2.47 bits per heavy atom. The Balaban J connectivity index is 0.000000337. The molecule has 0 aliphatic rings. The molecule has 2 rings (SSSR count). The number of primary amides is 1. The van der Waals surface area contributed by atoms with E-state index in [-0.39, 0.29) is 6.41 Å². The van der Waals surface area contributed by atoms with E-state index in [0.717, 1.165) is 17.0 Å². The van der Waals surface area contributed by atoms with Crippen molar-refractivity contribution in [1.29, 1.82) is 0 Å². The third-order valence-electron chi connectivity index (χ3n) is 1.62. The molecule has 6 heteroatoms. The van der Waals surface area contributed by atoms with E-state index in [0.29, 0.717) is 5.65 Å². The van der Waals surface area contributed by atoms with Crippen LogP contribution in [0.15, 0.2) is 12.4 Å². The van der Waals surface area contributed by atoms with E-state index in [1.807, 2.05) is 13.8 Å². The third-order valence-corrected chi connectivity index (χ3v) is 1.62. The first-order valence-electron chi connectivity index (χ1n) is 4.26. The number of aromatic nitrogens is 4. The lowest BCUT2D eigenvalue weighted by molar-refractivity contribution is -0.106. The van der Waals surface area contributed by atoms with E-state index >= 15 is 0 Å². The highest BCUT2D eigenvalue weighted by Crippen LogP contribution is 2.07. The summed E-state index contributed by atoms with van der Waals surface area (Å²) in [6.07, 6.45) is 3.53. The minimum absolute atomic E-state index is 0.250. The van der Waals surface area contributed by atoms with Crippen molar-refractivity contribution >= 4 is 17.6 Å². The van der Waals surface area contributed by atoms with Crippen LogP contribution in [0.5, 0.6) is 0 Å². The van der Waals surface area contributed by atoms with Gasteiger partial charge in [-0.1, -0.05) is 0 Å². The van der Waals surface area contributed by atoms with Crippen LogP contribution in [0.25, 0.3) is 11.2 Å². The summed E-state index contributed by atoms with van der Waals surface area (Å²) in [7, 11) is 0. The Morgan fingerprint density at radius 2 is 1.80 bits per heavy atom. The number of fused-ring (bicyclic) bond motifs is 1. The van der Waals surface area contributed by atoms with Gasteiger partial charge in [0.05, 0.1) is 5.69 Å². The second-order valence-electron chi connectivity index (χ2n) is 2.72. The molecule has 2 N–H and O–H groups in total. The molecule has 0 unspecified atom stereocenters. The van der Waals surface area contributed by atoms with Crippen molar-refractivity contribution in [3.63, 3.8) is 0 Å². The molecule has 15 heavy (non-hydrogen) atoms. The molecule has 0 saturated heterocycles. The van der Waals surface area contributed by atoms with Crippen LogP contribution in [0.4, 0.5) is 0 Å². The van der Waals surface area contributed by atoms with Gasteiger partial charge in [0, 0.05) is 12.4 Å². The normalized spacial score (nSPS) is 9.20. The Morgan fingerprint density at radius 1 is 1.20 bits per heavy atom. The molecule has 78 valence electrons. The number of amides is 1. The van der Waals surface area contributed by atoms with E-state index in [1.165, 1.54) is 0 Å². The van der Waals surface area contributed by atoms with Gasteiger partial charge < -0.3 is 5.73 Å². The Bertz CT molecular complexity index is 471. The maximum absolute atomic E-state index is 8.58. The van der Waals surface area contributed by atoms with Crippen molar-refractivity contribution in [3.8, 4) is 0 Å². The monoisotopic (exact) mass is 205 g/mol. The first-order chi connectivity index (χ1) is 7.19. The predicted molar refractivity (Wildman–Crippen MR) is 54.9 cm³/mol. The molecule has 2 aromatic rings. The molecule has 0 aliphatic heterocycles. The minimum atomic E-state index is 0.250. The first-order valence-corrected chi connectivity index (χ1v) is 4.26. The van der Waals surface area contributed by atoms with Gasteiger partial charge in [0.2, 0.25) is 6.41 Å². The fourth-order valence-corrected chi connectivity index (χ4v) is 1.14. The second kappa shape index (κ2) is 4.94. The Hall–Kier alpha value is -2.11. The van der Waals surface area contributed by atoms with Crippen molar-refractivity contribution in [2.45, 2.75) is 13.8 Å². The van der Waals surface area contributed by atoms with Crippen LogP contribution in [0.3, 0.4) is 0 Å². The predicted octanol–water partition coefficient (Wildman–Crippen LogP) is 0.138. The van der Waals surface area contributed by atoms with Crippen molar-refractivity contribution in [3.05, 3.63) is 23.9 Å².